The van der Waals surface area contributed by atoms with Crippen LogP contribution in [0.15, 0.2) is 0 Å². The summed E-state index contributed by atoms with van der Waals surface area (Å²) in [6.07, 6.45) is 0.936. The maximum Gasteiger partial charge on any atom is 0.255 e. The highest BCUT2D eigenvalue weighted by Crippen LogP contribution is 2.13. The smallest absolute Gasteiger partial charge is 0.255 e. The van der Waals surface area contributed by atoms with Crippen molar-refractivity contribution in [1.29, 1.82) is 0 Å². The van der Waals surface area contributed by atoms with E-state index in [1.54, 1.807) is 0 Å². The number of amides is 1. The summed E-state index contributed by atoms with van der Waals surface area (Å²) in [6, 6.07) is 0.205. The molecule has 0 aromatic carbocycles. The van der Waals surface area contributed by atoms with Crippen LogP contribution in [0.1, 0.15) is 48.9 Å². The fraction of sp³-hybridized carbons (Fsp3) is 0.667. The lowest BCUT2D eigenvalue weighted by atomic mass is 10.1. The largest absolute Gasteiger partial charge is 0.349 e. The van der Waals surface area contributed by atoms with Crippen molar-refractivity contribution in [3.63, 3.8) is 0 Å². The first kappa shape index (κ1) is 12.7. The highest BCUT2D eigenvalue weighted by Gasteiger charge is 2.18. The van der Waals surface area contributed by atoms with Crippen LogP contribution >= 0.6 is 0 Å². The van der Waals surface area contributed by atoms with E-state index in [-0.39, 0.29) is 11.9 Å². The number of carbonyl (C=O) groups is 1. The van der Waals surface area contributed by atoms with Gasteiger partial charge in [-0.05, 0) is 34.1 Å². The van der Waals surface area contributed by atoms with Gasteiger partial charge in [0, 0.05) is 18.3 Å². The first-order valence-corrected chi connectivity index (χ1v) is 5.86. The average Bonchev–Trinajstić information content (AvgIpc) is 2.53. The second kappa shape index (κ2) is 5.14. The Balaban J connectivity index is 2.95. The molecule has 4 nitrogen and oxygen atoms in total. The predicted octanol–water partition coefficient (Wildman–Crippen LogP) is 2.05. The molecule has 0 saturated carbocycles. The Bertz CT molecular complexity index is 382. The van der Waals surface area contributed by atoms with Gasteiger partial charge in [0.25, 0.3) is 5.91 Å². The fourth-order valence-electron chi connectivity index (χ4n) is 1.73. The van der Waals surface area contributed by atoms with E-state index < -0.39 is 0 Å². The van der Waals surface area contributed by atoms with E-state index in [0.29, 0.717) is 0 Å². The number of aryl methyl sites for hydroxylation is 2. The van der Waals surface area contributed by atoms with Crippen LogP contribution in [0.3, 0.4) is 0 Å². The number of hydrogen-bond donors (Lipinski definition) is 1. The Morgan fingerprint density at radius 3 is 2.50 bits per heavy atom. The van der Waals surface area contributed by atoms with Crippen molar-refractivity contribution in [3.8, 4) is 0 Å². The zero-order valence-corrected chi connectivity index (χ0v) is 10.8. The Morgan fingerprint density at radius 2 is 2.06 bits per heavy atom. The van der Waals surface area contributed by atoms with Crippen LogP contribution in [0, 0.1) is 13.8 Å². The molecule has 1 atom stereocenters. The summed E-state index contributed by atoms with van der Waals surface area (Å²) in [5.41, 5.74) is 2.48. The molecule has 0 radical (unpaired) electrons. The Labute approximate surface area is 97.0 Å². The number of nitrogens with zero attached hydrogens (tertiary/aromatic N) is 2. The van der Waals surface area contributed by atoms with Crippen molar-refractivity contribution < 1.29 is 4.79 Å². The molecule has 1 aromatic rings. The lowest BCUT2D eigenvalue weighted by molar-refractivity contribution is 0.0938. The molecule has 0 spiro atoms. The van der Waals surface area contributed by atoms with E-state index in [0.717, 1.165) is 29.9 Å². The zero-order valence-electron chi connectivity index (χ0n) is 10.8. The number of rotatable bonds is 4. The predicted molar refractivity (Wildman–Crippen MR) is 64.6 cm³/mol. The normalized spacial score (nSPS) is 12.6. The van der Waals surface area contributed by atoms with Gasteiger partial charge in [0.1, 0.15) is 0 Å². The standard InChI is InChI=1S/C12H21N3O/c1-6-8(3)13-12(16)11-9(4)14-15(7-2)10(11)5/h8H,6-7H2,1-5H3,(H,13,16). The van der Waals surface area contributed by atoms with Crippen molar-refractivity contribution in [2.75, 3.05) is 0 Å². The first-order chi connectivity index (χ1) is 7.51. The molecule has 16 heavy (non-hydrogen) atoms. The first-order valence-electron chi connectivity index (χ1n) is 5.86. The number of hydrogen-bond acceptors (Lipinski definition) is 2. The summed E-state index contributed by atoms with van der Waals surface area (Å²) < 4.78 is 1.86. The van der Waals surface area contributed by atoms with Gasteiger partial charge < -0.3 is 5.32 Å². The second-order valence-corrected chi connectivity index (χ2v) is 4.14. The van der Waals surface area contributed by atoms with Crippen molar-refractivity contribution in [2.24, 2.45) is 0 Å². The Hall–Kier alpha value is -1.32. The van der Waals surface area contributed by atoms with E-state index in [9.17, 15) is 4.79 Å². The van der Waals surface area contributed by atoms with Gasteiger partial charge in [-0.1, -0.05) is 6.92 Å². The van der Waals surface area contributed by atoms with Crippen LogP contribution < -0.4 is 5.32 Å². The third-order valence-electron chi connectivity index (χ3n) is 2.90. The van der Waals surface area contributed by atoms with Gasteiger partial charge in [0.15, 0.2) is 0 Å². The van der Waals surface area contributed by atoms with E-state index >= 15 is 0 Å². The molecule has 0 saturated heterocycles. The molecule has 1 heterocycles. The summed E-state index contributed by atoms with van der Waals surface area (Å²) in [5, 5.41) is 7.31. The highest BCUT2D eigenvalue weighted by molar-refractivity contribution is 5.96. The van der Waals surface area contributed by atoms with Gasteiger partial charge in [0.05, 0.1) is 11.3 Å². The van der Waals surface area contributed by atoms with Crippen LogP contribution in [0.4, 0.5) is 0 Å². The zero-order chi connectivity index (χ0) is 12.3. The molecule has 0 aliphatic carbocycles. The molecule has 1 N–H and O–H groups in total. The molecule has 0 bridgehead atoms. The number of nitrogens with one attached hydrogen (secondary N) is 1. The molecule has 1 rings (SSSR count). The second-order valence-electron chi connectivity index (χ2n) is 4.14. The molecule has 4 heteroatoms. The number of aromatic nitrogens is 2. The molecular formula is C12H21N3O. The highest BCUT2D eigenvalue weighted by atomic mass is 16.1. The van der Waals surface area contributed by atoms with E-state index in [1.165, 1.54) is 0 Å². The molecule has 0 fully saturated rings. The lowest BCUT2D eigenvalue weighted by Gasteiger charge is -2.11. The summed E-state index contributed by atoms with van der Waals surface area (Å²) in [4.78, 5) is 12.0. The summed E-state index contributed by atoms with van der Waals surface area (Å²) in [6.45, 7) is 10.7. The van der Waals surface area contributed by atoms with Crippen LogP contribution in [0.25, 0.3) is 0 Å². The summed E-state index contributed by atoms with van der Waals surface area (Å²) in [5.74, 6) is -0.0101. The summed E-state index contributed by atoms with van der Waals surface area (Å²) >= 11 is 0. The fourth-order valence-corrected chi connectivity index (χ4v) is 1.73. The van der Waals surface area contributed by atoms with Crippen LogP contribution in [0.5, 0.6) is 0 Å². The van der Waals surface area contributed by atoms with Crippen molar-refractivity contribution in [2.45, 2.75) is 53.6 Å². The quantitative estimate of drug-likeness (QED) is 0.849. The van der Waals surface area contributed by atoms with E-state index in [1.807, 2.05) is 32.4 Å². The molecular weight excluding hydrogens is 202 g/mol. The van der Waals surface area contributed by atoms with Gasteiger partial charge in [-0.2, -0.15) is 5.10 Å². The molecule has 1 aromatic heterocycles. The molecule has 1 amide bonds. The average molecular weight is 223 g/mol. The van der Waals surface area contributed by atoms with Gasteiger partial charge in [-0.25, -0.2) is 0 Å². The van der Waals surface area contributed by atoms with Crippen molar-refractivity contribution >= 4 is 5.91 Å². The van der Waals surface area contributed by atoms with Gasteiger partial charge in [0.2, 0.25) is 0 Å². The maximum atomic E-state index is 12.0. The monoisotopic (exact) mass is 223 g/mol. The SMILES string of the molecule is CCC(C)NC(=O)c1c(C)nn(CC)c1C. The van der Waals surface area contributed by atoms with E-state index in [2.05, 4.69) is 17.3 Å². The third-order valence-corrected chi connectivity index (χ3v) is 2.90. The van der Waals surface area contributed by atoms with E-state index in [4.69, 9.17) is 0 Å². The van der Waals surface area contributed by atoms with Crippen molar-refractivity contribution in [3.05, 3.63) is 17.0 Å². The minimum absolute atomic E-state index is 0.0101. The minimum atomic E-state index is -0.0101. The molecule has 1 unspecified atom stereocenters. The van der Waals surface area contributed by atoms with Crippen LogP contribution in [0.2, 0.25) is 0 Å². The Kier molecular flexibility index (Phi) is 4.10. The van der Waals surface area contributed by atoms with Crippen LogP contribution in [-0.4, -0.2) is 21.7 Å². The van der Waals surface area contributed by atoms with Gasteiger partial charge in [-0.15, -0.1) is 0 Å². The molecule has 0 aliphatic heterocycles. The topological polar surface area (TPSA) is 46.9 Å². The molecule has 90 valence electrons. The Morgan fingerprint density at radius 1 is 1.44 bits per heavy atom. The molecule has 0 aliphatic rings. The van der Waals surface area contributed by atoms with Gasteiger partial charge >= 0.3 is 0 Å². The summed E-state index contributed by atoms with van der Waals surface area (Å²) in [7, 11) is 0. The van der Waals surface area contributed by atoms with Crippen LogP contribution in [-0.2, 0) is 6.54 Å². The number of carbonyl (C=O) groups excluding carboxylic acids is 1. The lowest BCUT2D eigenvalue weighted by Crippen LogP contribution is -2.32. The minimum Gasteiger partial charge on any atom is -0.349 e. The van der Waals surface area contributed by atoms with Gasteiger partial charge in [-0.3, -0.25) is 9.48 Å². The van der Waals surface area contributed by atoms with Crippen molar-refractivity contribution in [1.82, 2.24) is 15.1 Å². The third kappa shape index (κ3) is 2.43. The maximum absolute atomic E-state index is 12.0.